The number of hydrogen-bond acceptors (Lipinski definition) is 3. The zero-order chi connectivity index (χ0) is 13.2. The van der Waals surface area contributed by atoms with Gasteiger partial charge in [-0.3, -0.25) is 9.59 Å². The van der Waals surface area contributed by atoms with Crippen LogP contribution in [-0.2, 0) is 14.3 Å². The smallest absolute Gasteiger partial charge is 0.311 e. The standard InChI is InChI=1S/C13H21NO4/c1-2-5-13(12(16)17)6-7-14(9-13)11(15)10-4-3-8-18-10/h10H,2-9H2,1H3,(H,16,17)/t10-,13?/m0/s1. The second-order valence-corrected chi connectivity index (χ2v) is 5.35. The molecule has 5 heteroatoms. The Labute approximate surface area is 107 Å². The maximum absolute atomic E-state index is 12.2. The van der Waals surface area contributed by atoms with E-state index in [0.29, 0.717) is 32.5 Å². The van der Waals surface area contributed by atoms with Crippen molar-refractivity contribution in [2.45, 2.75) is 45.1 Å². The van der Waals surface area contributed by atoms with Gasteiger partial charge in [-0.2, -0.15) is 0 Å². The Balaban J connectivity index is 2.01. The molecule has 1 N–H and O–H groups in total. The van der Waals surface area contributed by atoms with Gasteiger partial charge in [0.1, 0.15) is 6.10 Å². The van der Waals surface area contributed by atoms with Crippen LogP contribution in [0.15, 0.2) is 0 Å². The first kappa shape index (κ1) is 13.3. The molecule has 0 aromatic rings. The Morgan fingerprint density at radius 2 is 2.28 bits per heavy atom. The first-order valence-corrected chi connectivity index (χ1v) is 6.73. The molecule has 0 spiro atoms. The van der Waals surface area contributed by atoms with Gasteiger partial charge in [0.25, 0.3) is 5.91 Å². The zero-order valence-electron chi connectivity index (χ0n) is 10.9. The van der Waals surface area contributed by atoms with Gasteiger partial charge in [-0.1, -0.05) is 13.3 Å². The molecule has 2 aliphatic heterocycles. The van der Waals surface area contributed by atoms with Crippen LogP contribution in [0.2, 0.25) is 0 Å². The van der Waals surface area contributed by atoms with Crippen molar-refractivity contribution in [1.82, 2.24) is 4.90 Å². The van der Waals surface area contributed by atoms with Crippen molar-refractivity contribution in [2.75, 3.05) is 19.7 Å². The Bertz CT molecular complexity index is 338. The number of carbonyl (C=O) groups is 2. The molecule has 2 fully saturated rings. The van der Waals surface area contributed by atoms with Gasteiger partial charge in [0.2, 0.25) is 0 Å². The first-order valence-electron chi connectivity index (χ1n) is 6.73. The zero-order valence-corrected chi connectivity index (χ0v) is 10.9. The fourth-order valence-corrected chi connectivity index (χ4v) is 3.00. The number of likely N-dealkylation sites (tertiary alicyclic amines) is 1. The van der Waals surface area contributed by atoms with E-state index in [4.69, 9.17) is 4.74 Å². The van der Waals surface area contributed by atoms with E-state index in [-0.39, 0.29) is 12.0 Å². The van der Waals surface area contributed by atoms with E-state index in [1.807, 2.05) is 6.92 Å². The minimum atomic E-state index is -0.771. The number of ether oxygens (including phenoxy) is 1. The molecule has 5 nitrogen and oxygen atoms in total. The third-order valence-corrected chi connectivity index (χ3v) is 4.05. The molecule has 2 saturated heterocycles. The number of amides is 1. The van der Waals surface area contributed by atoms with E-state index in [1.54, 1.807) is 4.90 Å². The summed E-state index contributed by atoms with van der Waals surface area (Å²) in [7, 11) is 0. The molecule has 2 rings (SSSR count). The van der Waals surface area contributed by atoms with Crippen LogP contribution in [0.1, 0.15) is 39.0 Å². The van der Waals surface area contributed by atoms with E-state index in [9.17, 15) is 14.7 Å². The van der Waals surface area contributed by atoms with Crippen molar-refractivity contribution in [1.29, 1.82) is 0 Å². The van der Waals surface area contributed by atoms with Gasteiger partial charge in [-0.25, -0.2) is 0 Å². The van der Waals surface area contributed by atoms with E-state index in [1.165, 1.54) is 0 Å². The number of rotatable bonds is 4. The summed E-state index contributed by atoms with van der Waals surface area (Å²) in [5.41, 5.74) is -0.733. The summed E-state index contributed by atoms with van der Waals surface area (Å²) in [6, 6.07) is 0. The molecule has 0 aromatic carbocycles. The molecule has 2 atom stereocenters. The molecule has 0 radical (unpaired) electrons. The van der Waals surface area contributed by atoms with Gasteiger partial charge in [-0.15, -0.1) is 0 Å². The summed E-state index contributed by atoms with van der Waals surface area (Å²) in [6.07, 6.45) is 3.38. The average Bonchev–Trinajstić information content (AvgIpc) is 2.98. The van der Waals surface area contributed by atoms with Gasteiger partial charge in [0.15, 0.2) is 0 Å². The summed E-state index contributed by atoms with van der Waals surface area (Å²) < 4.78 is 5.38. The summed E-state index contributed by atoms with van der Waals surface area (Å²) in [5, 5.41) is 9.39. The normalized spacial score (nSPS) is 31.8. The Morgan fingerprint density at radius 3 is 2.83 bits per heavy atom. The maximum atomic E-state index is 12.2. The van der Waals surface area contributed by atoms with Gasteiger partial charge in [0.05, 0.1) is 5.41 Å². The van der Waals surface area contributed by atoms with E-state index in [2.05, 4.69) is 0 Å². The lowest BCUT2D eigenvalue weighted by Gasteiger charge is -2.25. The van der Waals surface area contributed by atoms with Crippen molar-refractivity contribution < 1.29 is 19.4 Å². The topological polar surface area (TPSA) is 66.8 Å². The number of carboxylic acid groups (broad SMARTS) is 1. The summed E-state index contributed by atoms with van der Waals surface area (Å²) in [5.74, 6) is -0.793. The molecule has 2 heterocycles. The van der Waals surface area contributed by atoms with Gasteiger partial charge >= 0.3 is 5.97 Å². The molecular formula is C13H21NO4. The van der Waals surface area contributed by atoms with E-state index in [0.717, 1.165) is 19.3 Å². The third kappa shape index (κ3) is 2.36. The molecule has 0 bridgehead atoms. The quantitative estimate of drug-likeness (QED) is 0.821. The highest BCUT2D eigenvalue weighted by atomic mass is 16.5. The second-order valence-electron chi connectivity index (χ2n) is 5.35. The van der Waals surface area contributed by atoms with Crippen molar-refractivity contribution in [3.63, 3.8) is 0 Å². The fourth-order valence-electron chi connectivity index (χ4n) is 3.00. The molecule has 0 aromatic heterocycles. The Hall–Kier alpha value is -1.10. The van der Waals surface area contributed by atoms with Crippen molar-refractivity contribution in [2.24, 2.45) is 5.41 Å². The largest absolute Gasteiger partial charge is 0.481 e. The van der Waals surface area contributed by atoms with Gasteiger partial charge in [-0.05, 0) is 25.7 Å². The number of aliphatic carboxylic acids is 1. The van der Waals surface area contributed by atoms with Crippen LogP contribution in [0.3, 0.4) is 0 Å². The number of carbonyl (C=O) groups excluding carboxylic acids is 1. The predicted octanol–water partition coefficient (Wildman–Crippen LogP) is 1.27. The summed E-state index contributed by atoms with van der Waals surface area (Å²) >= 11 is 0. The molecule has 102 valence electrons. The highest BCUT2D eigenvalue weighted by molar-refractivity contribution is 5.83. The third-order valence-electron chi connectivity index (χ3n) is 4.05. The highest BCUT2D eigenvalue weighted by Gasteiger charge is 2.46. The highest BCUT2D eigenvalue weighted by Crippen LogP contribution is 2.36. The van der Waals surface area contributed by atoms with Crippen LogP contribution >= 0.6 is 0 Å². The lowest BCUT2D eigenvalue weighted by Crippen LogP contribution is -2.41. The van der Waals surface area contributed by atoms with Crippen LogP contribution < -0.4 is 0 Å². The van der Waals surface area contributed by atoms with Crippen LogP contribution in [-0.4, -0.2) is 47.7 Å². The van der Waals surface area contributed by atoms with Crippen LogP contribution in [0.25, 0.3) is 0 Å². The van der Waals surface area contributed by atoms with Crippen LogP contribution in [0, 0.1) is 5.41 Å². The summed E-state index contributed by atoms with van der Waals surface area (Å²) in [6.45, 7) is 3.51. The van der Waals surface area contributed by atoms with Gasteiger partial charge < -0.3 is 14.7 Å². The van der Waals surface area contributed by atoms with Crippen LogP contribution in [0.5, 0.6) is 0 Å². The first-order chi connectivity index (χ1) is 8.59. The molecule has 0 saturated carbocycles. The van der Waals surface area contributed by atoms with Crippen molar-refractivity contribution in [3.05, 3.63) is 0 Å². The van der Waals surface area contributed by atoms with Crippen molar-refractivity contribution >= 4 is 11.9 Å². The molecule has 0 aliphatic carbocycles. The van der Waals surface area contributed by atoms with E-state index >= 15 is 0 Å². The SMILES string of the molecule is CCCC1(C(=O)O)CCN(C(=O)[C@@H]2CCCO2)C1. The number of carboxylic acids is 1. The lowest BCUT2D eigenvalue weighted by molar-refractivity contribution is -0.149. The fraction of sp³-hybridized carbons (Fsp3) is 0.846. The van der Waals surface area contributed by atoms with Crippen molar-refractivity contribution in [3.8, 4) is 0 Å². The minimum absolute atomic E-state index is 0.0215. The predicted molar refractivity (Wildman–Crippen MR) is 65.1 cm³/mol. The van der Waals surface area contributed by atoms with E-state index < -0.39 is 11.4 Å². The molecule has 18 heavy (non-hydrogen) atoms. The van der Waals surface area contributed by atoms with Crippen LogP contribution in [0.4, 0.5) is 0 Å². The van der Waals surface area contributed by atoms with Gasteiger partial charge in [0, 0.05) is 19.7 Å². The second kappa shape index (κ2) is 5.26. The number of nitrogens with zero attached hydrogens (tertiary/aromatic N) is 1. The Kier molecular flexibility index (Phi) is 3.90. The number of hydrogen-bond donors (Lipinski definition) is 1. The monoisotopic (exact) mass is 255 g/mol. The summed E-state index contributed by atoms with van der Waals surface area (Å²) in [4.78, 5) is 25.3. The molecule has 1 unspecified atom stereocenters. The minimum Gasteiger partial charge on any atom is -0.481 e. The maximum Gasteiger partial charge on any atom is 0.311 e. The lowest BCUT2D eigenvalue weighted by atomic mass is 9.83. The molecule has 2 aliphatic rings. The molecule has 1 amide bonds. The Morgan fingerprint density at radius 1 is 1.50 bits per heavy atom. The average molecular weight is 255 g/mol. The molecular weight excluding hydrogens is 234 g/mol.